The lowest BCUT2D eigenvalue weighted by Crippen LogP contribution is -2.15. The van der Waals surface area contributed by atoms with Gasteiger partial charge in [-0.05, 0) is 44.0 Å². The fraction of sp³-hybridized carbons (Fsp3) is 0.111. The van der Waals surface area contributed by atoms with Crippen molar-refractivity contribution in [2.24, 2.45) is 0 Å². The number of carbonyl (C=O) groups excluding carboxylic acids is 1. The first-order valence-electron chi connectivity index (χ1n) is 4.04. The van der Waals surface area contributed by atoms with Crippen LogP contribution in [0.3, 0.4) is 0 Å². The molecule has 0 aliphatic heterocycles. The molecule has 0 amide bonds. The highest BCUT2D eigenvalue weighted by Crippen LogP contribution is 2.20. The smallest absolute Gasteiger partial charge is 0.340 e. The summed E-state index contributed by atoms with van der Waals surface area (Å²) in [5.74, 6) is -2.05. The third-order valence-electron chi connectivity index (χ3n) is 1.73. The van der Waals surface area contributed by atoms with Crippen molar-refractivity contribution < 1.29 is 19.4 Å². The number of benzene rings is 1. The third kappa shape index (κ3) is 2.96. The molecule has 0 fully saturated rings. The molecule has 5 nitrogen and oxygen atoms in total. The van der Waals surface area contributed by atoms with Crippen molar-refractivity contribution in [3.63, 3.8) is 0 Å². The van der Waals surface area contributed by atoms with Crippen molar-refractivity contribution in [3.05, 3.63) is 29.3 Å². The van der Waals surface area contributed by atoms with E-state index in [1.54, 1.807) is 0 Å². The summed E-state index contributed by atoms with van der Waals surface area (Å²) in [6.45, 7) is 0. The molecule has 7 heteroatoms. The number of carboxylic acid groups (broad SMARTS) is 1. The normalized spacial score (nSPS) is 10.2. The maximum atomic E-state index is 11.5. The van der Waals surface area contributed by atoms with Crippen LogP contribution in [0.25, 0.3) is 0 Å². The second-order valence-corrected chi connectivity index (χ2v) is 5.63. The monoisotopic (exact) mass is 351 g/mol. The molecule has 0 aromatic heterocycles. The zero-order valence-electron chi connectivity index (χ0n) is 7.81. The van der Waals surface area contributed by atoms with Gasteiger partial charge in [-0.3, -0.25) is 0 Å². The zero-order valence-corrected chi connectivity index (χ0v) is 11.0. The maximum absolute atomic E-state index is 11.5. The Balaban J connectivity index is 3.18. The molecular formula is C9H7Br2NO4. The van der Waals surface area contributed by atoms with Gasteiger partial charge in [0.05, 0.1) is 11.1 Å². The Kier molecular flexibility index (Phi) is 4.31. The highest BCUT2D eigenvalue weighted by molar-refractivity contribution is 9.24. The van der Waals surface area contributed by atoms with Gasteiger partial charge in [-0.1, -0.05) is 6.07 Å². The van der Waals surface area contributed by atoms with Gasteiger partial charge in [-0.2, -0.15) is 0 Å². The van der Waals surface area contributed by atoms with Crippen LogP contribution in [-0.2, 0) is 4.74 Å². The number of ether oxygens (including phenoxy) is 1. The van der Waals surface area contributed by atoms with Gasteiger partial charge in [0.25, 0.3) is 0 Å². The summed E-state index contributed by atoms with van der Waals surface area (Å²) in [6.07, 6.45) is 0. The van der Waals surface area contributed by atoms with Gasteiger partial charge in [0, 0.05) is 5.69 Å². The predicted molar refractivity (Wildman–Crippen MR) is 64.9 cm³/mol. The first kappa shape index (κ1) is 13.0. The number of anilines is 1. The maximum Gasteiger partial charge on any atom is 0.340 e. The summed E-state index contributed by atoms with van der Waals surface area (Å²) in [5.41, 5.74) is 5.15. The van der Waals surface area contributed by atoms with E-state index in [4.69, 9.17) is 15.6 Å². The van der Waals surface area contributed by atoms with E-state index in [1.807, 2.05) is 0 Å². The molecule has 1 aromatic rings. The molecule has 0 atom stereocenters. The van der Waals surface area contributed by atoms with Gasteiger partial charge in [0.2, 0.25) is 3.92 Å². The Bertz CT molecular complexity index is 434. The summed E-state index contributed by atoms with van der Waals surface area (Å²) < 4.78 is 4.07. The van der Waals surface area contributed by atoms with E-state index in [-0.39, 0.29) is 16.8 Å². The van der Waals surface area contributed by atoms with Crippen molar-refractivity contribution in [2.45, 2.75) is 3.92 Å². The number of hydrogen-bond acceptors (Lipinski definition) is 4. The van der Waals surface area contributed by atoms with Crippen LogP contribution in [-0.4, -0.2) is 21.0 Å². The number of esters is 1. The highest BCUT2D eigenvalue weighted by atomic mass is 79.9. The number of carbonyl (C=O) groups is 2. The summed E-state index contributed by atoms with van der Waals surface area (Å²) in [6, 6.07) is 4.22. The Labute approximate surface area is 108 Å². The molecule has 0 aliphatic rings. The number of halogens is 2. The van der Waals surface area contributed by atoms with Gasteiger partial charge in [-0.25, -0.2) is 9.59 Å². The lowest BCUT2D eigenvalue weighted by Gasteiger charge is -2.09. The van der Waals surface area contributed by atoms with Gasteiger partial charge in [0.15, 0.2) is 0 Å². The molecule has 0 aliphatic carbocycles. The molecule has 16 heavy (non-hydrogen) atoms. The fourth-order valence-corrected chi connectivity index (χ4v) is 1.46. The van der Waals surface area contributed by atoms with E-state index in [0.717, 1.165) is 0 Å². The van der Waals surface area contributed by atoms with Crippen LogP contribution in [0.15, 0.2) is 18.2 Å². The van der Waals surface area contributed by atoms with E-state index in [0.29, 0.717) is 0 Å². The molecule has 0 radical (unpaired) electrons. The summed E-state index contributed by atoms with van der Waals surface area (Å²) in [4.78, 5) is 22.5. The Morgan fingerprint density at radius 2 is 2.00 bits per heavy atom. The van der Waals surface area contributed by atoms with Crippen molar-refractivity contribution in [1.82, 2.24) is 0 Å². The van der Waals surface area contributed by atoms with Crippen molar-refractivity contribution >= 4 is 49.5 Å². The Morgan fingerprint density at radius 1 is 1.38 bits per heavy atom. The molecule has 3 N–H and O–H groups in total. The van der Waals surface area contributed by atoms with E-state index in [1.165, 1.54) is 18.2 Å². The number of alkyl halides is 2. The van der Waals surface area contributed by atoms with Crippen LogP contribution < -0.4 is 5.73 Å². The quantitative estimate of drug-likeness (QED) is 0.494. The molecule has 86 valence electrons. The number of nitrogens with two attached hydrogens (primary N) is 1. The zero-order chi connectivity index (χ0) is 12.3. The Morgan fingerprint density at radius 3 is 2.50 bits per heavy atom. The minimum absolute atomic E-state index is 0.0163. The summed E-state index contributed by atoms with van der Waals surface area (Å²) in [5, 5.41) is 8.92. The minimum Gasteiger partial charge on any atom is -0.478 e. The van der Waals surface area contributed by atoms with Gasteiger partial charge >= 0.3 is 11.9 Å². The SMILES string of the molecule is Nc1cccc(C(=O)OC(Br)Br)c1C(=O)O. The average Bonchev–Trinajstić information content (AvgIpc) is 2.15. The van der Waals surface area contributed by atoms with E-state index in [9.17, 15) is 9.59 Å². The Hall–Kier alpha value is -1.08. The number of aromatic carboxylic acids is 1. The molecule has 0 saturated heterocycles. The van der Waals surface area contributed by atoms with Gasteiger partial charge in [-0.15, -0.1) is 0 Å². The van der Waals surface area contributed by atoms with Crippen molar-refractivity contribution in [2.75, 3.05) is 5.73 Å². The van der Waals surface area contributed by atoms with Crippen molar-refractivity contribution in [3.8, 4) is 0 Å². The fourth-order valence-electron chi connectivity index (χ4n) is 1.12. The molecule has 0 bridgehead atoms. The molecule has 1 aromatic carbocycles. The predicted octanol–water partition coefficient (Wildman–Crippen LogP) is 2.20. The van der Waals surface area contributed by atoms with Crippen LogP contribution in [0.5, 0.6) is 0 Å². The third-order valence-corrected chi connectivity index (χ3v) is 2.10. The van der Waals surface area contributed by atoms with Gasteiger partial charge < -0.3 is 15.6 Å². The molecule has 0 heterocycles. The lowest BCUT2D eigenvalue weighted by atomic mass is 10.1. The van der Waals surface area contributed by atoms with Crippen LogP contribution >= 0.6 is 31.9 Å². The number of nitrogen functional groups attached to an aromatic ring is 1. The minimum atomic E-state index is -1.27. The average molecular weight is 353 g/mol. The van der Waals surface area contributed by atoms with Crippen molar-refractivity contribution in [1.29, 1.82) is 0 Å². The van der Waals surface area contributed by atoms with Crippen LogP contribution in [0.1, 0.15) is 20.7 Å². The molecule has 0 spiro atoms. The molecule has 0 saturated carbocycles. The number of hydrogen-bond donors (Lipinski definition) is 2. The second-order valence-electron chi connectivity index (χ2n) is 2.74. The largest absolute Gasteiger partial charge is 0.478 e. The van der Waals surface area contributed by atoms with Crippen LogP contribution in [0, 0.1) is 0 Å². The lowest BCUT2D eigenvalue weighted by molar-refractivity contribution is 0.0547. The first-order chi connectivity index (χ1) is 7.43. The second kappa shape index (κ2) is 5.31. The standard InChI is InChI=1S/C9H7Br2NO4/c10-9(11)16-8(15)4-2-1-3-5(12)6(4)7(13)14/h1-3,9H,12H2,(H,13,14). The van der Waals surface area contributed by atoms with E-state index < -0.39 is 15.9 Å². The van der Waals surface area contributed by atoms with E-state index in [2.05, 4.69) is 31.9 Å². The molecule has 1 rings (SSSR count). The molecule has 0 unspecified atom stereocenters. The van der Waals surface area contributed by atoms with Crippen LogP contribution in [0.2, 0.25) is 0 Å². The number of rotatable bonds is 3. The summed E-state index contributed by atoms with van der Waals surface area (Å²) >= 11 is 5.89. The van der Waals surface area contributed by atoms with Crippen LogP contribution in [0.4, 0.5) is 5.69 Å². The summed E-state index contributed by atoms with van der Waals surface area (Å²) in [7, 11) is 0. The molecular weight excluding hydrogens is 346 g/mol. The van der Waals surface area contributed by atoms with Gasteiger partial charge in [0.1, 0.15) is 0 Å². The topological polar surface area (TPSA) is 89.6 Å². The highest BCUT2D eigenvalue weighted by Gasteiger charge is 2.21. The van der Waals surface area contributed by atoms with E-state index >= 15 is 0 Å². The first-order valence-corrected chi connectivity index (χ1v) is 5.87. The number of carboxylic acids is 1.